The minimum atomic E-state index is -5.06. The zero-order chi connectivity index (χ0) is 23.3. The van der Waals surface area contributed by atoms with Crippen LogP contribution in [-0.2, 0) is 12.4 Å². The van der Waals surface area contributed by atoms with Crippen molar-refractivity contribution in [2.24, 2.45) is 0 Å². The van der Waals surface area contributed by atoms with Crippen molar-refractivity contribution >= 4 is 17.7 Å². The normalized spacial score (nSPS) is 14.8. The highest BCUT2D eigenvalue weighted by Gasteiger charge is 2.38. The van der Waals surface area contributed by atoms with Gasteiger partial charge in [0, 0.05) is 0 Å². The lowest BCUT2D eigenvalue weighted by Crippen LogP contribution is -2.31. The Kier molecular flexibility index (Phi) is 5.70. The number of hydrogen-bond donors (Lipinski definition) is 0. The summed E-state index contributed by atoms with van der Waals surface area (Å²) in [6, 6.07) is 0.953. The van der Waals surface area contributed by atoms with Crippen molar-refractivity contribution in [3.63, 3.8) is 0 Å². The highest BCUT2D eigenvalue weighted by molar-refractivity contribution is 6.78. The molecule has 0 atom stereocenters. The monoisotopic (exact) mass is 456 g/mol. The first-order valence-corrected chi connectivity index (χ1v) is 8.41. The predicted octanol–water partition coefficient (Wildman–Crippen LogP) is 6.31. The first-order valence-electron chi connectivity index (χ1n) is 8.41. The number of allylic oxidation sites excluding steroid dienone is 3. The van der Waals surface area contributed by atoms with Crippen LogP contribution in [0.5, 0.6) is 0 Å². The van der Waals surface area contributed by atoms with Gasteiger partial charge in [-0.25, -0.2) is 22.0 Å². The fourth-order valence-corrected chi connectivity index (χ4v) is 3.10. The summed E-state index contributed by atoms with van der Waals surface area (Å²) in [5, 5.41) is 0. The van der Waals surface area contributed by atoms with Gasteiger partial charge in [0.2, 0.25) is 12.5 Å². The van der Waals surface area contributed by atoms with E-state index in [1.807, 2.05) is 0 Å². The summed E-state index contributed by atoms with van der Waals surface area (Å²) in [5.74, 6) is -9.91. The van der Waals surface area contributed by atoms with Crippen LogP contribution in [-0.4, -0.2) is 6.71 Å². The molecule has 0 N–H and O–H groups in total. The summed E-state index contributed by atoms with van der Waals surface area (Å²) in [6.07, 6.45) is -8.63. The van der Waals surface area contributed by atoms with Gasteiger partial charge in [-0.05, 0) is 18.0 Å². The molecule has 0 bridgehead atoms. The van der Waals surface area contributed by atoms with Crippen molar-refractivity contribution in [2.45, 2.75) is 18.7 Å². The van der Waals surface area contributed by atoms with Gasteiger partial charge in [0.15, 0.2) is 23.3 Å². The van der Waals surface area contributed by atoms with Crippen molar-refractivity contribution in [1.82, 2.24) is 0 Å². The van der Waals surface area contributed by atoms with Crippen LogP contribution in [0.2, 0.25) is 6.32 Å². The molecule has 0 nitrogen and oxygen atoms in total. The fourth-order valence-electron chi connectivity index (χ4n) is 3.10. The molecule has 164 valence electrons. The van der Waals surface area contributed by atoms with Crippen LogP contribution < -0.4 is 5.46 Å². The van der Waals surface area contributed by atoms with E-state index in [2.05, 4.69) is 0 Å². The van der Waals surface area contributed by atoms with Gasteiger partial charge in [0.1, 0.15) is 0 Å². The van der Waals surface area contributed by atoms with Crippen LogP contribution in [0.15, 0.2) is 36.3 Å². The van der Waals surface area contributed by atoms with E-state index >= 15 is 0 Å². The third kappa shape index (κ3) is 4.33. The molecule has 0 radical (unpaired) electrons. The molecule has 2 aromatic rings. The van der Waals surface area contributed by atoms with E-state index in [0.717, 1.165) is 18.1 Å². The Labute approximate surface area is 167 Å². The van der Waals surface area contributed by atoms with Gasteiger partial charge >= 0.3 is 12.4 Å². The molecule has 0 aliphatic carbocycles. The molecule has 2 aromatic carbocycles. The second-order valence-electron chi connectivity index (χ2n) is 6.64. The lowest BCUT2D eigenvalue weighted by atomic mass is 9.41. The standard InChI is InChI=1S/C19H8BF11/c21-13-12(14(22)16(24)17(25)15(13)23)8-1-3-20(4-2-8)11-6-9(18(26,27)28)5-10(7-11)19(29,30)31/h1-3,5-7H,4H2. The predicted molar refractivity (Wildman–Crippen MR) is 90.0 cm³/mol. The molecular weight excluding hydrogens is 448 g/mol. The van der Waals surface area contributed by atoms with Gasteiger partial charge in [-0.1, -0.05) is 29.7 Å². The highest BCUT2D eigenvalue weighted by atomic mass is 19.4. The molecule has 0 saturated heterocycles. The summed E-state index contributed by atoms with van der Waals surface area (Å²) in [6.45, 7) is -1.06. The van der Waals surface area contributed by atoms with Crippen LogP contribution in [0.1, 0.15) is 16.7 Å². The van der Waals surface area contributed by atoms with Crippen LogP contribution in [0.4, 0.5) is 48.3 Å². The number of halogens is 11. The average molecular weight is 456 g/mol. The van der Waals surface area contributed by atoms with Crippen LogP contribution in [0.3, 0.4) is 0 Å². The van der Waals surface area contributed by atoms with E-state index in [9.17, 15) is 48.3 Å². The molecule has 12 heteroatoms. The van der Waals surface area contributed by atoms with Gasteiger partial charge in [-0.15, -0.1) is 5.98 Å². The molecule has 1 aliphatic rings. The Morgan fingerprint density at radius 1 is 0.645 bits per heavy atom. The zero-order valence-electron chi connectivity index (χ0n) is 14.9. The SMILES string of the molecule is Fc1c(F)c(F)c(C2=CCB(c3cc(C(F)(F)F)cc(C(F)(F)F)c3)C=C2)c(F)c1F. The number of benzene rings is 2. The Balaban J connectivity index is 2.01. The lowest BCUT2D eigenvalue weighted by Gasteiger charge is -2.19. The summed E-state index contributed by atoms with van der Waals surface area (Å²) < 4.78 is 146. The molecule has 0 unspecified atom stereocenters. The molecule has 1 heterocycles. The van der Waals surface area contributed by atoms with Crippen molar-refractivity contribution < 1.29 is 48.3 Å². The molecule has 0 aromatic heterocycles. The third-order valence-electron chi connectivity index (χ3n) is 4.64. The van der Waals surface area contributed by atoms with E-state index in [-0.39, 0.29) is 17.8 Å². The Hall–Kier alpha value is -2.79. The van der Waals surface area contributed by atoms with E-state index in [1.165, 1.54) is 0 Å². The van der Waals surface area contributed by atoms with Gasteiger partial charge in [-0.3, -0.25) is 0 Å². The fraction of sp³-hybridized carbons (Fsp3) is 0.158. The smallest absolute Gasteiger partial charge is 0.203 e. The molecule has 0 fully saturated rings. The van der Waals surface area contributed by atoms with E-state index in [0.29, 0.717) is 12.1 Å². The summed E-state index contributed by atoms with van der Waals surface area (Å²) >= 11 is 0. The minimum Gasteiger partial charge on any atom is -0.203 e. The van der Waals surface area contributed by atoms with Crippen LogP contribution >= 0.6 is 0 Å². The number of alkyl halides is 6. The van der Waals surface area contributed by atoms with Crippen molar-refractivity contribution in [1.29, 1.82) is 0 Å². The van der Waals surface area contributed by atoms with Gasteiger partial charge < -0.3 is 0 Å². The molecular formula is C19H8BF11. The van der Waals surface area contributed by atoms with Gasteiger partial charge in [0.05, 0.1) is 16.7 Å². The number of rotatable bonds is 2. The maximum absolute atomic E-state index is 13.9. The molecule has 0 spiro atoms. The topological polar surface area (TPSA) is 0 Å². The van der Waals surface area contributed by atoms with Gasteiger partial charge in [0.25, 0.3) is 0 Å². The molecule has 3 rings (SSSR count). The minimum absolute atomic E-state index is 0.0495. The maximum atomic E-state index is 13.9. The quantitative estimate of drug-likeness (QED) is 0.215. The molecule has 31 heavy (non-hydrogen) atoms. The first kappa shape index (κ1) is 22.9. The van der Waals surface area contributed by atoms with Crippen LogP contribution in [0, 0.1) is 29.1 Å². The van der Waals surface area contributed by atoms with Crippen molar-refractivity contribution in [2.75, 3.05) is 0 Å². The maximum Gasteiger partial charge on any atom is 0.416 e. The largest absolute Gasteiger partial charge is 0.416 e. The van der Waals surface area contributed by atoms with E-state index in [1.54, 1.807) is 0 Å². The second-order valence-corrected chi connectivity index (χ2v) is 6.64. The third-order valence-corrected chi connectivity index (χ3v) is 4.64. The average Bonchev–Trinajstić information content (AvgIpc) is 2.70. The van der Waals surface area contributed by atoms with E-state index < -0.39 is 70.4 Å². The molecule has 0 saturated carbocycles. The molecule has 1 aliphatic heterocycles. The lowest BCUT2D eigenvalue weighted by molar-refractivity contribution is -0.142. The van der Waals surface area contributed by atoms with Crippen molar-refractivity contribution in [3.05, 3.63) is 82.1 Å². The summed E-state index contributed by atoms with van der Waals surface area (Å²) in [4.78, 5) is 0. The zero-order valence-corrected chi connectivity index (χ0v) is 14.9. The number of hydrogen-bond acceptors (Lipinski definition) is 0. The van der Waals surface area contributed by atoms with Crippen molar-refractivity contribution in [3.8, 4) is 0 Å². The summed E-state index contributed by atoms with van der Waals surface area (Å²) in [7, 11) is 0. The second kappa shape index (κ2) is 7.72. The Morgan fingerprint density at radius 2 is 1.10 bits per heavy atom. The highest BCUT2D eigenvalue weighted by Crippen LogP contribution is 2.36. The molecule has 0 amide bonds. The Morgan fingerprint density at radius 3 is 1.48 bits per heavy atom. The summed E-state index contributed by atoms with van der Waals surface area (Å²) in [5.41, 5.74) is -5.16. The van der Waals surface area contributed by atoms with Crippen LogP contribution in [0.25, 0.3) is 5.57 Å². The Bertz CT molecular complexity index is 1030. The van der Waals surface area contributed by atoms with Gasteiger partial charge in [-0.2, -0.15) is 26.3 Å². The van der Waals surface area contributed by atoms with E-state index in [4.69, 9.17) is 0 Å². The first-order chi connectivity index (χ1) is 14.2.